The first-order chi connectivity index (χ1) is 6.77. The first-order valence-corrected chi connectivity index (χ1v) is 5.28. The third kappa shape index (κ3) is 6.10. The summed E-state index contributed by atoms with van der Waals surface area (Å²) in [4.78, 5) is 22.0. The molecule has 0 saturated heterocycles. The standard InChI is InChI=1S/C11H21NO3/c1-5-6-9(13)12-8(7-10(14)15)11(2,3)4/h8H,5-7H2,1-4H3,(H,12,13)(H,14,15). The number of amides is 1. The number of carboxylic acid groups (broad SMARTS) is 1. The zero-order chi connectivity index (χ0) is 12.1. The van der Waals surface area contributed by atoms with Crippen molar-refractivity contribution in [2.75, 3.05) is 0 Å². The molecule has 0 fully saturated rings. The number of aliphatic carboxylic acids is 1. The Morgan fingerprint density at radius 1 is 1.33 bits per heavy atom. The minimum atomic E-state index is -0.883. The fourth-order valence-corrected chi connectivity index (χ4v) is 1.24. The molecule has 88 valence electrons. The van der Waals surface area contributed by atoms with E-state index in [-0.39, 0.29) is 23.8 Å². The molecule has 4 nitrogen and oxygen atoms in total. The van der Waals surface area contributed by atoms with Crippen molar-refractivity contribution in [3.05, 3.63) is 0 Å². The minimum Gasteiger partial charge on any atom is -0.481 e. The number of carbonyl (C=O) groups is 2. The predicted octanol–water partition coefficient (Wildman–Crippen LogP) is 1.79. The average Bonchev–Trinajstić information content (AvgIpc) is 2.00. The van der Waals surface area contributed by atoms with E-state index in [1.807, 2.05) is 27.7 Å². The summed E-state index contributed by atoms with van der Waals surface area (Å²) < 4.78 is 0. The summed E-state index contributed by atoms with van der Waals surface area (Å²) in [6.07, 6.45) is 1.20. The van der Waals surface area contributed by atoms with E-state index in [9.17, 15) is 9.59 Å². The Morgan fingerprint density at radius 3 is 2.20 bits per heavy atom. The Balaban J connectivity index is 4.38. The molecule has 1 amide bonds. The van der Waals surface area contributed by atoms with E-state index in [1.54, 1.807) is 0 Å². The SMILES string of the molecule is CCCC(=O)NC(CC(=O)O)C(C)(C)C. The smallest absolute Gasteiger partial charge is 0.305 e. The zero-order valence-electron chi connectivity index (χ0n) is 9.96. The topological polar surface area (TPSA) is 66.4 Å². The van der Waals surface area contributed by atoms with Crippen molar-refractivity contribution in [1.82, 2.24) is 5.32 Å². The quantitative estimate of drug-likeness (QED) is 0.734. The van der Waals surface area contributed by atoms with Crippen LogP contribution in [0.3, 0.4) is 0 Å². The number of nitrogens with one attached hydrogen (secondary N) is 1. The molecular weight excluding hydrogens is 194 g/mol. The molecule has 0 rings (SSSR count). The van der Waals surface area contributed by atoms with Gasteiger partial charge in [-0.3, -0.25) is 9.59 Å². The molecule has 0 aliphatic carbocycles. The second-order valence-corrected chi connectivity index (χ2v) is 4.83. The molecule has 0 spiro atoms. The highest BCUT2D eigenvalue weighted by atomic mass is 16.4. The second-order valence-electron chi connectivity index (χ2n) is 4.83. The van der Waals surface area contributed by atoms with E-state index < -0.39 is 5.97 Å². The summed E-state index contributed by atoms with van der Waals surface area (Å²) in [5.41, 5.74) is -0.234. The van der Waals surface area contributed by atoms with Gasteiger partial charge in [0.25, 0.3) is 0 Å². The van der Waals surface area contributed by atoms with Gasteiger partial charge in [0.2, 0.25) is 5.91 Å². The molecule has 0 aromatic rings. The maximum Gasteiger partial charge on any atom is 0.305 e. The predicted molar refractivity (Wildman–Crippen MR) is 58.5 cm³/mol. The van der Waals surface area contributed by atoms with Crippen molar-refractivity contribution in [2.24, 2.45) is 5.41 Å². The maximum absolute atomic E-state index is 11.4. The van der Waals surface area contributed by atoms with Crippen molar-refractivity contribution in [3.8, 4) is 0 Å². The third-order valence-corrected chi connectivity index (χ3v) is 2.24. The van der Waals surface area contributed by atoms with E-state index in [1.165, 1.54) is 0 Å². The number of hydrogen-bond donors (Lipinski definition) is 2. The van der Waals surface area contributed by atoms with Crippen LogP contribution in [-0.4, -0.2) is 23.0 Å². The van der Waals surface area contributed by atoms with Gasteiger partial charge in [0, 0.05) is 12.5 Å². The lowest BCUT2D eigenvalue weighted by molar-refractivity contribution is -0.138. The molecule has 0 saturated carbocycles. The minimum absolute atomic E-state index is 0.0288. The van der Waals surface area contributed by atoms with Crippen LogP contribution in [0.15, 0.2) is 0 Å². The molecule has 0 aliphatic rings. The molecule has 0 aliphatic heterocycles. The Hall–Kier alpha value is -1.06. The lowest BCUT2D eigenvalue weighted by atomic mass is 9.84. The first kappa shape index (κ1) is 13.9. The van der Waals surface area contributed by atoms with Crippen LogP contribution < -0.4 is 5.32 Å². The van der Waals surface area contributed by atoms with Crippen LogP contribution in [0.4, 0.5) is 0 Å². The summed E-state index contributed by atoms with van der Waals surface area (Å²) in [6.45, 7) is 7.69. The molecule has 0 heterocycles. The Kier molecular flexibility index (Phi) is 5.33. The third-order valence-electron chi connectivity index (χ3n) is 2.24. The van der Waals surface area contributed by atoms with Crippen LogP contribution >= 0.6 is 0 Å². The highest BCUT2D eigenvalue weighted by molar-refractivity contribution is 5.77. The summed E-state index contributed by atoms with van der Waals surface area (Å²) in [7, 11) is 0. The van der Waals surface area contributed by atoms with Crippen molar-refractivity contribution in [1.29, 1.82) is 0 Å². The van der Waals surface area contributed by atoms with Crippen molar-refractivity contribution in [2.45, 2.75) is 53.0 Å². The van der Waals surface area contributed by atoms with Crippen molar-refractivity contribution < 1.29 is 14.7 Å². The van der Waals surface area contributed by atoms with E-state index in [0.29, 0.717) is 6.42 Å². The largest absolute Gasteiger partial charge is 0.481 e. The summed E-state index contributed by atoms with van der Waals surface area (Å²) in [6, 6.07) is -0.311. The van der Waals surface area contributed by atoms with Gasteiger partial charge in [0.15, 0.2) is 0 Å². The molecule has 0 radical (unpaired) electrons. The van der Waals surface area contributed by atoms with Gasteiger partial charge in [0.1, 0.15) is 0 Å². The van der Waals surface area contributed by atoms with Crippen LogP contribution in [0.25, 0.3) is 0 Å². The fraction of sp³-hybridized carbons (Fsp3) is 0.818. The van der Waals surface area contributed by atoms with Gasteiger partial charge in [-0.05, 0) is 11.8 Å². The summed E-state index contributed by atoms with van der Waals surface area (Å²) in [5, 5.41) is 11.5. The van der Waals surface area contributed by atoms with Gasteiger partial charge >= 0.3 is 5.97 Å². The molecule has 1 atom stereocenters. The van der Waals surface area contributed by atoms with Crippen LogP contribution in [0, 0.1) is 5.41 Å². The highest BCUT2D eigenvalue weighted by Crippen LogP contribution is 2.21. The monoisotopic (exact) mass is 215 g/mol. The normalized spacial score (nSPS) is 13.3. The van der Waals surface area contributed by atoms with E-state index in [4.69, 9.17) is 5.11 Å². The van der Waals surface area contributed by atoms with Crippen LogP contribution in [0.1, 0.15) is 47.0 Å². The Morgan fingerprint density at radius 2 is 1.87 bits per heavy atom. The number of rotatable bonds is 5. The van der Waals surface area contributed by atoms with Crippen LogP contribution in [-0.2, 0) is 9.59 Å². The van der Waals surface area contributed by atoms with E-state index >= 15 is 0 Å². The lowest BCUT2D eigenvalue weighted by Gasteiger charge is -2.30. The molecule has 0 aromatic heterocycles. The van der Waals surface area contributed by atoms with Gasteiger partial charge in [-0.15, -0.1) is 0 Å². The first-order valence-electron chi connectivity index (χ1n) is 5.28. The molecule has 15 heavy (non-hydrogen) atoms. The van der Waals surface area contributed by atoms with Gasteiger partial charge < -0.3 is 10.4 Å². The maximum atomic E-state index is 11.4. The van der Waals surface area contributed by atoms with Crippen molar-refractivity contribution >= 4 is 11.9 Å². The van der Waals surface area contributed by atoms with E-state index in [0.717, 1.165) is 6.42 Å². The van der Waals surface area contributed by atoms with Crippen LogP contribution in [0.2, 0.25) is 0 Å². The summed E-state index contributed by atoms with van der Waals surface area (Å²) in [5.74, 6) is -0.953. The highest BCUT2D eigenvalue weighted by Gasteiger charge is 2.27. The molecule has 2 N–H and O–H groups in total. The Bertz CT molecular complexity index is 230. The van der Waals surface area contributed by atoms with Gasteiger partial charge in [-0.25, -0.2) is 0 Å². The summed E-state index contributed by atoms with van der Waals surface area (Å²) >= 11 is 0. The second kappa shape index (κ2) is 5.73. The fourth-order valence-electron chi connectivity index (χ4n) is 1.24. The average molecular weight is 215 g/mol. The number of carbonyl (C=O) groups excluding carboxylic acids is 1. The number of hydrogen-bond acceptors (Lipinski definition) is 2. The van der Waals surface area contributed by atoms with Crippen LogP contribution in [0.5, 0.6) is 0 Å². The molecular formula is C11H21NO3. The van der Waals surface area contributed by atoms with Gasteiger partial charge in [-0.1, -0.05) is 27.7 Å². The van der Waals surface area contributed by atoms with Crippen molar-refractivity contribution in [3.63, 3.8) is 0 Å². The molecule has 1 unspecified atom stereocenters. The lowest BCUT2D eigenvalue weighted by Crippen LogP contribution is -2.44. The zero-order valence-corrected chi connectivity index (χ0v) is 9.96. The Labute approximate surface area is 91.1 Å². The molecule has 4 heteroatoms. The molecule has 0 aromatic carbocycles. The number of carboxylic acids is 1. The van der Waals surface area contributed by atoms with E-state index in [2.05, 4.69) is 5.32 Å². The van der Waals surface area contributed by atoms with Gasteiger partial charge in [-0.2, -0.15) is 0 Å². The van der Waals surface area contributed by atoms with Gasteiger partial charge in [0.05, 0.1) is 6.42 Å². The molecule has 0 bridgehead atoms.